The van der Waals surface area contributed by atoms with Crippen LogP contribution in [0.2, 0.25) is 0 Å². The molecule has 0 saturated carbocycles. The molecule has 1 amide bonds. The molecule has 0 saturated heterocycles. The summed E-state index contributed by atoms with van der Waals surface area (Å²) in [5, 5.41) is -0.223. The van der Waals surface area contributed by atoms with E-state index in [0.29, 0.717) is 0 Å². The first-order valence-electron chi connectivity index (χ1n) is 2.13. The molecule has 6 nitrogen and oxygen atoms in total. The molecule has 0 atom stereocenters. The van der Waals surface area contributed by atoms with Crippen molar-refractivity contribution in [3.63, 3.8) is 0 Å². The lowest BCUT2D eigenvalue weighted by atomic mass is 11.0. The van der Waals surface area contributed by atoms with Gasteiger partial charge in [0, 0.05) is 0 Å². The van der Waals surface area contributed by atoms with Crippen LogP contribution in [0.5, 0.6) is 0 Å². The van der Waals surface area contributed by atoms with Gasteiger partial charge in [0.05, 0.1) is 0 Å². The van der Waals surface area contributed by atoms with Gasteiger partial charge in [-0.05, 0) is 12.2 Å². The normalized spacial score (nSPS) is 10.6. The molecule has 0 unspecified atom stereocenters. The fourth-order valence-corrected chi connectivity index (χ4v) is 0.324. The molecule has 0 bridgehead atoms. The van der Waals surface area contributed by atoms with Gasteiger partial charge in [-0.15, -0.1) is 0 Å². The van der Waals surface area contributed by atoms with Crippen LogP contribution in [0.25, 0.3) is 0 Å². The second-order valence-corrected chi connectivity index (χ2v) is 1.63. The highest BCUT2D eigenvalue weighted by Gasteiger charge is 1.97. The highest BCUT2D eigenvalue weighted by Crippen LogP contribution is 1.75. The van der Waals surface area contributed by atoms with E-state index >= 15 is 0 Å². The van der Waals surface area contributed by atoms with Crippen LogP contribution in [0.4, 0.5) is 4.79 Å². The van der Waals surface area contributed by atoms with Crippen molar-refractivity contribution in [2.75, 3.05) is 0 Å². The van der Waals surface area contributed by atoms with Crippen LogP contribution in [0, 0.1) is 0 Å². The maximum atomic E-state index is 9.95. The van der Waals surface area contributed by atoms with Gasteiger partial charge in [0.15, 0.2) is 5.11 Å². The lowest BCUT2D eigenvalue weighted by molar-refractivity contribution is 0.207. The van der Waals surface area contributed by atoms with Crippen molar-refractivity contribution in [2.24, 2.45) is 22.2 Å². The van der Waals surface area contributed by atoms with Gasteiger partial charge in [0.25, 0.3) is 6.02 Å². The van der Waals surface area contributed by atoms with E-state index < -0.39 is 12.1 Å². The van der Waals surface area contributed by atoms with Crippen LogP contribution in [-0.2, 0) is 4.74 Å². The molecule has 0 fully saturated rings. The number of nitrogens with zero attached hydrogens (tertiary/aromatic N) is 1. The van der Waals surface area contributed by atoms with Crippen molar-refractivity contribution < 1.29 is 9.53 Å². The van der Waals surface area contributed by atoms with Crippen molar-refractivity contribution in [1.82, 2.24) is 0 Å². The topological polar surface area (TPSA) is 117 Å². The summed E-state index contributed by atoms with van der Waals surface area (Å²) in [4.78, 5) is 13.1. The van der Waals surface area contributed by atoms with E-state index in [1.807, 2.05) is 0 Å². The van der Waals surface area contributed by atoms with Crippen LogP contribution in [-0.4, -0.2) is 17.2 Å². The Labute approximate surface area is 62.0 Å². The summed E-state index contributed by atoms with van der Waals surface area (Å²) >= 11 is 4.30. The number of primary amides is 1. The SMILES string of the molecule is NC(=O)O/C(N)=N\C(N)=S. The molecule has 0 aromatic carbocycles. The molecular formula is C3H6N4O2S. The summed E-state index contributed by atoms with van der Waals surface area (Å²) < 4.78 is 4.06. The lowest BCUT2D eigenvalue weighted by Crippen LogP contribution is -2.26. The highest BCUT2D eigenvalue weighted by atomic mass is 32.1. The molecule has 0 heterocycles. The van der Waals surface area contributed by atoms with Crippen molar-refractivity contribution in [1.29, 1.82) is 0 Å². The summed E-state index contributed by atoms with van der Waals surface area (Å²) in [6.45, 7) is 0. The number of thiocarbonyl (C=S) groups is 1. The van der Waals surface area contributed by atoms with Gasteiger partial charge in [0.1, 0.15) is 0 Å². The van der Waals surface area contributed by atoms with E-state index in [1.54, 1.807) is 0 Å². The van der Waals surface area contributed by atoms with Gasteiger partial charge in [-0.2, -0.15) is 4.99 Å². The Hall–Kier alpha value is -1.37. The van der Waals surface area contributed by atoms with Crippen LogP contribution in [0.15, 0.2) is 4.99 Å². The van der Waals surface area contributed by atoms with Crippen LogP contribution in [0.3, 0.4) is 0 Å². The second-order valence-electron chi connectivity index (χ2n) is 1.21. The highest BCUT2D eigenvalue weighted by molar-refractivity contribution is 7.80. The first-order valence-corrected chi connectivity index (χ1v) is 2.54. The maximum absolute atomic E-state index is 9.95. The average Bonchev–Trinajstić information content (AvgIpc) is 1.58. The zero-order chi connectivity index (χ0) is 8.15. The van der Waals surface area contributed by atoms with Crippen molar-refractivity contribution in [3.8, 4) is 0 Å². The number of amidine groups is 1. The van der Waals surface area contributed by atoms with Gasteiger partial charge in [0.2, 0.25) is 0 Å². The maximum Gasteiger partial charge on any atom is 0.412 e. The molecule has 6 N–H and O–H groups in total. The van der Waals surface area contributed by atoms with Gasteiger partial charge < -0.3 is 21.9 Å². The molecule has 0 spiro atoms. The molecule has 0 aromatic heterocycles. The zero-order valence-electron chi connectivity index (χ0n) is 4.90. The number of rotatable bonds is 0. The second kappa shape index (κ2) is 3.62. The summed E-state index contributed by atoms with van der Waals surface area (Å²) in [6, 6.07) is -0.458. The Balaban J connectivity index is 3.95. The van der Waals surface area contributed by atoms with E-state index in [1.165, 1.54) is 0 Å². The standard InChI is InChI=1S/C3H6N4O2S/c4-1(7-2(5)10)9-3(6)8/h(H2,6,8)(H4,4,5,7,10). The summed E-state index contributed by atoms with van der Waals surface area (Å²) in [6.07, 6.45) is -1.06. The summed E-state index contributed by atoms with van der Waals surface area (Å²) in [5.74, 6) is 0. The van der Waals surface area contributed by atoms with E-state index in [4.69, 9.17) is 11.5 Å². The van der Waals surface area contributed by atoms with Crippen LogP contribution in [0.1, 0.15) is 0 Å². The van der Waals surface area contributed by atoms with Crippen molar-refractivity contribution in [2.45, 2.75) is 0 Å². The molecule has 7 heteroatoms. The van der Waals surface area contributed by atoms with E-state index in [0.717, 1.165) is 0 Å². The van der Waals surface area contributed by atoms with E-state index in [9.17, 15) is 4.79 Å². The fourth-order valence-electron chi connectivity index (χ4n) is 0.234. The predicted molar refractivity (Wildman–Crippen MR) is 39.1 cm³/mol. The average molecular weight is 162 g/mol. The number of hydrogen-bond acceptors (Lipinski definition) is 3. The number of ether oxygens (including phenoxy) is 1. The third kappa shape index (κ3) is 4.78. The molecule has 0 aliphatic rings. The third-order valence-electron chi connectivity index (χ3n) is 0.426. The van der Waals surface area contributed by atoms with E-state index in [2.05, 4.69) is 27.7 Å². The molecule has 0 aromatic rings. The quantitative estimate of drug-likeness (QED) is 0.231. The first kappa shape index (κ1) is 8.63. The zero-order valence-corrected chi connectivity index (χ0v) is 5.72. The van der Waals surface area contributed by atoms with Gasteiger partial charge >= 0.3 is 6.09 Å². The third-order valence-corrected chi connectivity index (χ3v) is 0.517. The molecule has 0 radical (unpaired) electrons. The number of hydrogen-bond donors (Lipinski definition) is 3. The largest absolute Gasteiger partial charge is 0.412 e. The van der Waals surface area contributed by atoms with Crippen molar-refractivity contribution >= 4 is 29.4 Å². The molecule has 0 aliphatic carbocycles. The molecule has 0 rings (SSSR count). The number of carbonyl (C=O) groups excluding carboxylic acids is 1. The molecule has 56 valence electrons. The summed E-state index contributed by atoms with van der Waals surface area (Å²) in [7, 11) is 0. The van der Waals surface area contributed by atoms with Gasteiger partial charge in [-0.3, -0.25) is 0 Å². The van der Waals surface area contributed by atoms with Crippen LogP contribution < -0.4 is 17.2 Å². The Bertz CT molecular complexity index is 189. The fraction of sp³-hybridized carbons (Fsp3) is 0. The molecular weight excluding hydrogens is 156 g/mol. The minimum Gasteiger partial charge on any atom is -0.376 e. The number of nitrogens with two attached hydrogens (primary N) is 3. The van der Waals surface area contributed by atoms with Crippen LogP contribution >= 0.6 is 12.2 Å². The smallest absolute Gasteiger partial charge is 0.376 e. The molecule has 0 aliphatic heterocycles. The van der Waals surface area contributed by atoms with E-state index in [-0.39, 0.29) is 5.11 Å². The lowest BCUT2D eigenvalue weighted by Gasteiger charge is -1.95. The number of amides is 1. The minimum atomic E-state index is -1.06. The summed E-state index contributed by atoms with van der Waals surface area (Å²) in [5.41, 5.74) is 14.4. The Morgan fingerprint density at radius 1 is 1.40 bits per heavy atom. The molecule has 10 heavy (non-hydrogen) atoms. The van der Waals surface area contributed by atoms with Gasteiger partial charge in [-0.25, -0.2) is 4.79 Å². The monoisotopic (exact) mass is 162 g/mol. The Morgan fingerprint density at radius 3 is 2.20 bits per heavy atom. The minimum absolute atomic E-state index is 0.223. The Kier molecular flexibility index (Phi) is 3.12. The van der Waals surface area contributed by atoms with Crippen molar-refractivity contribution in [3.05, 3.63) is 0 Å². The number of carbonyl (C=O) groups is 1. The number of aliphatic imine (C=N–C) groups is 1. The first-order chi connectivity index (χ1) is 4.52. The van der Waals surface area contributed by atoms with Gasteiger partial charge in [-0.1, -0.05) is 0 Å². The predicted octanol–water partition coefficient (Wildman–Crippen LogP) is -1.36. The Morgan fingerprint density at radius 2 is 1.90 bits per heavy atom.